The fourth-order valence-electron chi connectivity index (χ4n) is 2.07. The van der Waals surface area contributed by atoms with Gasteiger partial charge in [-0.2, -0.15) is 5.10 Å². The van der Waals surface area contributed by atoms with Crippen LogP contribution < -0.4 is 11.0 Å². The van der Waals surface area contributed by atoms with Gasteiger partial charge in [0.15, 0.2) is 0 Å². The SMILES string of the molecule is CCOP(=O)(OCC)c1c(SC)nn(-c2ccccc2)c1N. The van der Waals surface area contributed by atoms with E-state index in [1.165, 1.54) is 11.8 Å². The summed E-state index contributed by atoms with van der Waals surface area (Å²) in [5.74, 6) is 0.279. The van der Waals surface area contributed by atoms with E-state index >= 15 is 0 Å². The maximum Gasteiger partial charge on any atom is 0.367 e. The van der Waals surface area contributed by atoms with Gasteiger partial charge < -0.3 is 14.8 Å². The molecule has 0 aliphatic carbocycles. The molecular weight excluding hydrogens is 321 g/mol. The number of nitrogen functional groups attached to an aromatic ring is 1. The summed E-state index contributed by atoms with van der Waals surface area (Å²) in [7, 11) is -3.49. The summed E-state index contributed by atoms with van der Waals surface area (Å²) >= 11 is 1.36. The van der Waals surface area contributed by atoms with Gasteiger partial charge in [0, 0.05) is 0 Å². The highest BCUT2D eigenvalue weighted by molar-refractivity contribution is 7.99. The summed E-state index contributed by atoms with van der Waals surface area (Å²) < 4.78 is 25.5. The van der Waals surface area contributed by atoms with Gasteiger partial charge >= 0.3 is 7.60 Å². The third-order valence-electron chi connectivity index (χ3n) is 2.93. The molecule has 2 N–H and O–H groups in total. The first-order valence-corrected chi connectivity index (χ1v) is 9.71. The number of nitrogens with zero attached hydrogens (tertiary/aromatic N) is 2. The van der Waals surface area contributed by atoms with Crippen LogP contribution in [0.3, 0.4) is 0 Å². The summed E-state index contributed by atoms with van der Waals surface area (Å²) in [6.45, 7) is 4.06. The van der Waals surface area contributed by atoms with E-state index in [0.717, 1.165) is 5.69 Å². The molecule has 0 aliphatic heterocycles. The quantitative estimate of drug-likeness (QED) is 0.616. The average Bonchev–Trinajstić information content (AvgIpc) is 2.86. The van der Waals surface area contributed by atoms with Gasteiger partial charge in [0.2, 0.25) is 0 Å². The standard InChI is InChI=1S/C14H20N3O3PS/c1-4-19-21(18,20-5-2)12-13(15)17(16-14(12)22-3)11-9-7-6-8-10-11/h6-10H,4-5,15H2,1-3H3. The molecule has 0 saturated heterocycles. The molecule has 2 aromatic rings. The average molecular weight is 341 g/mol. The van der Waals surface area contributed by atoms with Gasteiger partial charge in [-0.25, -0.2) is 4.68 Å². The number of aromatic nitrogens is 2. The zero-order valence-corrected chi connectivity index (χ0v) is 14.6. The van der Waals surface area contributed by atoms with E-state index in [1.54, 1.807) is 18.5 Å². The Labute approximate surface area is 134 Å². The van der Waals surface area contributed by atoms with Crippen LogP contribution in [-0.2, 0) is 13.6 Å². The van der Waals surface area contributed by atoms with E-state index in [-0.39, 0.29) is 19.0 Å². The smallest absolute Gasteiger partial charge is 0.367 e. The zero-order chi connectivity index (χ0) is 16.2. The van der Waals surface area contributed by atoms with Crippen molar-refractivity contribution < 1.29 is 13.6 Å². The Morgan fingerprint density at radius 3 is 2.32 bits per heavy atom. The lowest BCUT2D eigenvalue weighted by molar-refractivity contribution is 0.229. The van der Waals surface area contributed by atoms with E-state index in [0.29, 0.717) is 10.3 Å². The van der Waals surface area contributed by atoms with Gasteiger partial charge in [-0.3, -0.25) is 4.57 Å². The molecule has 0 atom stereocenters. The fraction of sp³-hybridized carbons (Fsp3) is 0.357. The van der Waals surface area contributed by atoms with Crippen molar-refractivity contribution in [3.05, 3.63) is 30.3 Å². The minimum absolute atomic E-state index is 0.265. The van der Waals surface area contributed by atoms with Crippen LogP contribution in [0.2, 0.25) is 0 Å². The normalized spacial score (nSPS) is 11.8. The first-order valence-electron chi connectivity index (χ1n) is 6.95. The molecule has 0 fully saturated rings. The van der Waals surface area contributed by atoms with Crippen LogP contribution in [0.15, 0.2) is 35.4 Å². The van der Waals surface area contributed by atoms with Crippen molar-refractivity contribution in [2.45, 2.75) is 18.9 Å². The number of hydrogen-bond donors (Lipinski definition) is 1. The third-order valence-corrected chi connectivity index (χ3v) is 5.94. The minimum atomic E-state index is -3.49. The third kappa shape index (κ3) is 3.22. The maximum absolute atomic E-state index is 13.1. The zero-order valence-electron chi connectivity index (χ0n) is 12.9. The number of para-hydroxylation sites is 1. The molecule has 120 valence electrons. The molecule has 1 aromatic heterocycles. The molecule has 0 amide bonds. The van der Waals surface area contributed by atoms with E-state index in [2.05, 4.69) is 5.10 Å². The lowest BCUT2D eigenvalue weighted by atomic mass is 10.3. The van der Waals surface area contributed by atoms with Crippen LogP contribution in [0, 0.1) is 0 Å². The first-order chi connectivity index (χ1) is 10.6. The van der Waals surface area contributed by atoms with Gasteiger partial charge in [-0.1, -0.05) is 18.2 Å². The second kappa shape index (κ2) is 7.33. The lowest BCUT2D eigenvalue weighted by Crippen LogP contribution is -2.16. The van der Waals surface area contributed by atoms with Gasteiger partial charge in [-0.15, -0.1) is 11.8 Å². The Balaban J connectivity index is 2.61. The predicted octanol–water partition coefficient (Wildman–Crippen LogP) is 3.07. The number of rotatable bonds is 7. The minimum Gasteiger partial charge on any atom is -0.383 e. The van der Waals surface area contributed by atoms with Crippen molar-refractivity contribution in [3.63, 3.8) is 0 Å². The molecule has 0 bridgehead atoms. The van der Waals surface area contributed by atoms with Crippen LogP contribution in [0.4, 0.5) is 5.82 Å². The number of nitrogens with two attached hydrogens (primary N) is 1. The van der Waals surface area contributed by atoms with E-state index < -0.39 is 7.60 Å². The van der Waals surface area contributed by atoms with Crippen molar-refractivity contribution in [1.82, 2.24) is 9.78 Å². The molecule has 0 saturated carbocycles. The number of anilines is 1. The Kier molecular flexibility index (Phi) is 5.69. The Morgan fingerprint density at radius 2 is 1.82 bits per heavy atom. The van der Waals surface area contributed by atoms with Gasteiger partial charge in [-0.05, 0) is 32.2 Å². The van der Waals surface area contributed by atoms with Crippen molar-refractivity contribution >= 4 is 30.5 Å². The van der Waals surface area contributed by atoms with Gasteiger partial charge in [0.1, 0.15) is 16.1 Å². The molecule has 8 heteroatoms. The number of hydrogen-bond acceptors (Lipinski definition) is 6. The van der Waals surface area contributed by atoms with Crippen molar-refractivity contribution in [3.8, 4) is 5.69 Å². The second-order valence-corrected chi connectivity index (χ2v) is 7.08. The summed E-state index contributed by atoms with van der Waals surface area (Å²) in [6.07, 6.45) is 1.85. The molecular formula is C14H20N3O3PS. The summed E-state index contributed by atoms with van der Waals surface area (Å²) in [5.41, 5.74) is 7.01. The Morgan fingerprint density at radius 1 is 1.23 bits per heavy atom. The van der Waals surface area contributed by atoms with Crippen LogP contribution in [-0.4, -0.2) is 29.3 Å². The predicted molar refractivity (Wildman–Crippen MR) is 90.2 cm³/mol. The largest absolute Gasteiger partial charge is 0.383 e. The van der Waals surface area contributed by atoms with E-state index in [9.17, 15) is 4.57 Å². The van der Waals surface area contributed by atoms with Crippen molar-refractivity contribution in [1.29, 1.82) is 0 Å². The molecule has 2 rings (SSSR count). The molecule has 0 unspecified atom stereocenters. The molecule has 0 aliphatic rings. The van der Waals surface area contributed by atoms with Crippen LogP contribution in [0.5, 0.6) is 0 Å². The molecule has 6 nitrogen and oxygen atoms in total. The fourth-order valence-corrected chi connectivity index (χ4v) is 4.81. The van der Waals surface area contributed by atoms with Crippen LogP contribution in [0.25, 0.3) is 5.69 Å². The number of benzene rings is 1. The van der Waals surface area contributed by atoms with Crippen molar-refractivity contribution in [2.75, 3.05) is 25.2 Å². The molecule has 1 heterocycles. The topological polar surface area (TPSA) is 79.4 Å². The molecule has 1 aromatic carbocycles. The van der Waals surface area contributed by atoms with E-state index in [1.807, 2.05) is 36.6 Å². The summed E-state index contributed by atoms with van der Waals surface area (Å²) in [4.78, 5) is 0. The number of thioether (sulfide) groups is 1. The Bertz CT molecular complexity index is 665. The highest BCUT2D eigenvalue weighted by Crippen LogP contribution is 2.50. The van der Waals surface area contributed by atoms with Crippen LogP contribution in [0.1, 0.15) is 13.8 Å². The second-order valence-electron chi connectivity index (χ2n) is 4.32. The molecule has 22 heavy (non-hydrogen) atoms. The lowest BCUT2D eigenvalue weighted by Gasteiger charge is -2.17. The molecule has 0 spiro atoms. The highest BCUT2D eigenvalue weighted by atomic mass is 32.2. The monoisotopic (exact) mass is 341 g/mol. The summed E-state index contributed by atoms with van der Waals surface area (Å²) in [5, 5.41) is 5.34. The maximum atomic E-state index is 13.1. The summed E-state index contributed by atoms with van der Waals surface area (Å²) in [6, 6.07) is 9.44. The van der Waals surface area contributed by atoms with Crippen molar-refractivity contribution in [2.24, 2.45) is 0 Å². The molecule has 0 radical (unpaired) electrons. The van der Waals surface area contributed by atoms with Crippen LogP contribution >= 0.6 is 19.4 Å². The Hall–Kier alpha value is -1.27. The first kappa shape index (κ1) is 17.1. The van der Waals surface area contributed by atoms with E-state index in [4.69, 9.17) is 14.8 Å². The van der Waals surface area contributed by atoms with Gasteiger partial charge in [0.05, 0.1) is 18.9 Å². The van der Waals surface area contributed by atoms with Gasteiger partial charge in [0.25, 0.3) is 0 Å². The highest BCUT2D eigenvalue weighted by Gasteiger charge is 2.36.